The Kier molecular flexibility index (Phi) is 6.30. The highest BCUT2D eigenvalue weighted by molar-refractivity contribution is 6.16. The van der Waals surface area contributed by atoms with Crippen LogP contribution in [-0.4, -0.2) is 29.9 Å². The zero-order valence-corrected chi connectivity index (χ0v) is 18.3. The fourth-order valence-electron chi connectivity index (χ4n) is 3.98. The maximum atomic E-state index is 13.1. The van der Waals surface area contributed by atoms with Crippen LogP contribution in [0, 0.1) is 12.8 Å². The molecule has 0 radical (unpaired) electrons. The summed E-state index contributed by atoms with van der Waals surface area (Å²) in [6, 6.07) is 14.8. The Hall–Kier alpha value is -3.08. The highest BCUT2D eigenvalue weighted by Crippen LogP contribution is 2.42. The molecule has 2 aromatic rings. The number of carbonyl (C=O) groups excluding carboxylic acids is 2. The van der Waals surface area contributed by atoms with Crippen LogP contribution in [-0.2, 0) is 9.59 Å². The molecule has 0 aromatic heterocycles. The standard InChI is InChI=1S/C25H30N2O3/c1-6-26(7-2)19-13-11-18(12-14-19)22-21(23(28)16(3)4)24(29)25(30)27(22)20-10-8-9-17(5)15-20/h8-16,22,29H,6-7H2,1-5H3. The van der Waals surface area contributed by atoms with E-state index in [0.717, 1.165) is 29.9 Å². The average Bonchev–Trinajstić information content (AvgIpc) is 2.99. The highest BCUT2D eigenvalue weighted by Gasteiger charge is 2.44. The first kappa shape index (κ1) is 21.6. The van der Waals surface area contributed by atoms with Gasteiger partial charge in [0.15, 0.2) is 11.5 Å². The number of aliphatic hydroxyl groups is 1. The van der Waals surface area contributed by atoms with Gasteiger partial charge in [-0.1, -0.05) is 38.1 Å². The number of hydrogen-bond acceptors (Lipinski definition) is 4. The Morgan fingerprint density at radius 3 is 2.27 bits per heavy atom. The van der Waals surface area contributed by atoms with E-state index in [1.807, 2.05) is 55.5 Å². The van der Waals surface area contributed by atoms with E-state index in [-0.39, 0.29) is 17.3 Å². The minimum Gasteiger partial charge on any atom is -0.503 e. The summed E-state index contributed by atoms with van der Waals surface area (Å²) in [7, 11) is 0. The van der Waals surface area contributed by atoms with E-state index in [0.29, 0.717) is 5.69 Å². The molecule has 0 saturated heterocycles. The predicted octanol–water partition coefficient (Wildman–Crippen LogP) is 4.97. The molecule has 0 saturated carbocycles. The number of nitrogens with zero attached hydrogens (tertiary/aromatic N) is 2. The number of hydrogen-bond donors (Lipinski definition) is 1. The number of carbonyl (C=O) groups is 2. The normalized spacial score (nSPS) is 16.5. The molecule has 1 amide bonds. The Bertz CT molecular complexity index is 972. The minimum atomic E-state index is -0.653. The van der Waals surface area contributed by atoms with Crippen molar-refractivity contribution in [2.75, 3.05) is 22.9 Å². The van der Waals surface area contributed by atoms with E-state index in [9.17, 15) is 14.7 Å². The van der Waals surface area contributed by atoms with E-state index in [2.05, 4.69) is 18.7 Å². The largest absolute Gasteiger partial charge is 0.503 e. The zero-order chi connectivity index (χ0) is 22.0. The molecule has 5 nitrogen and oxygen atoms in total. The molecule has 1 atom stereocenters. The molecule has 1 aliphatic rings. The number of Topliss-reactive ketones (excluding diaryl/α,β-unsaturated/α-hetero) is 1. The molecule has 0 bridgehead atoms. The van der Waals surface area contributed by atoms with Crippen LogP contribution in [0.2, 0.25) is 0 Å². The summed E-state index contributed by atoms with van der Waals surface area (Å²) in [5.41, 5.74) is 3.72. The molecule has 0 aliphatic carbocycles. The van der Waals surface area contributed by atoms with Crippen molar-refractivity contribution in [1.29, 1.82) is 0 Å². The van der Waals surface area contributed by atoms with Crippen LogP contribution < -0.4 is 9.80 Å². The van der Waals surface area contributed by atoms with Gasteiger partial charge < -0.3 is 10.0 Å². The molecular weight excluding hydrogens is 376 g/mol. The van der Waals surface area contributed by atoms with Gasteiger partial charge in [-0.25, -0.2) is 0 Å². The lowest BCUT2D eigenvalue weighted by Crippen LogP contribution is -2.31. The smallest absolute Gasteiger partial charge is 0.294 e. The molecule has 1 N–H and O–H groups in total. The molecule has 0 fully saturated rings. The summed E-state index contributed by atoms with van der Waals surface area (Å²) >= 11 is 0. The first-order valence-electron chi connectivity index (χ1n) is 10.5. The Labute approximate surface area is 178 Å². The van der Waals surface area contributed by atoms with Gasteiger partial charge in [0.1, 0.15) is 0 Å². The number of aliphatic hydroxyl groups excluding tert-OH is 1. The van der Waals surface area contributed by atoms with Gasteiger partial charge in [-0.15, -0.1) is 0 Å². The van der Waals surface area contributed by atoms with E-state index in [1.165, 1.54) is 4.90 Å². The van der Waals surface area contributed by atoms with E-state index in [4.69, 9.17) is 0 Å². The Morgan fingerprint density at radius 1 is 1.10 bits per heavy atom. The minimum absolute atomic E-state index is 0.173. The van der Waals surface area contributed by atoms with Gasteiger partial charge in [-0.3, -0.25) is 14.5 Å². The van der Waals surface area contributed by atoms with Crippen LogP contribution in [0.1, 0.15) is 44.9 Å². The van der Waals surface area contributed by atoms with Gasteiger partial charge in [-0.2, -0.15) is 0 Å². The summed E-state index contributed by atoms with van der Waals surface area (Å²) in [6.45, 7) is 11.5. The second-order valence-electron chi connectivity index (χ2n) is 7.96. The van der Waals surface area contributed by atoms with Crippen LogP contribution in [0.15, 0.2) is 59.9 Å². The van der Waals surface area contributed by atoms with Crippen LogP contribution in [0.3, 0.4) is 0 Å². The van der Waals surface area contributed by atoms with Crippen molar-refractivity contribution < 1.29 is 14.7 Å². The molecule has 3 rings (SSSR count). The van der Waals surface area contributed by atoms with Gasteiger partial charge in [0.2, 0.25) is 0 Å². The highest BCUT2D eigenvalue weighted by atomic mass is 16.3. The Morgan fingerprint density at radius 2 is 1.73 bits per heavy atom. The number of anilines is 2. The lowest BCUT2D eigenvalue weighted by atomic mass is 9.91. The summed E-state index contributed by atoms with van der Waals surface area (Å²) in [4.78, 5) is 29.8. The number of ketones is 1. The fourth-order valence-corrected chi connectivity index (χ4v) is 3.98. The predicted molar refractivity (Wildman–Crippen MR) is 121 cm³/mol. The van der Waals surface area contributed by atoms with Crippen molar-refractivity contribution >= 4 is 23.1 Å². The molecule has 30 heavy (non-hydrogen) atoms. The van der Waals surface area contributed by atoms with Crippen LogP contribution >= 0.6 is 0 Å². The summed E-state index contributed by atoms with van der Waals surface area (Å²) in [6.07, 6.45) is 0. The van der Waals surface area contributed by atoms with Crippen molar-refractivity contribution in [1.82, 2.24) is 0 Å². The molecule has 1 unspecified atom stereocenters. The second kappa shape index (κ2) is 8.74. The molecule has 5 heteroatoms. The lowest BCUT2D eigenvalue weighted by Gasteiger charge is -2.28. The van der Waals surface area contributed by atoms with Gasteiger partial charge >= 0.3 is 0 Å². The molecule has 0 spiro atoms. The van der Waals surface area contributed by atoms with Gasteiger partial charge in [0.05, 0.1) is 11.6 Å². The van der Waals surface area contributed by atoms with Crippen molar-refractivity contribution in [2.24, 2.45) is 5.92 Å². The third-order valence-electron chi connectivity index (χ3n) is 5.62. The van der Waals surface area contributed by atoms with Crippen LogP contribution in [0.5, 0.6) is 0 Å². The molecule has 1 heterocycles. The zero-order valence-electron chi connectivity index (χ0n) is 18.3. The van der Waals surface area contributed by atoms with Crippen molar-refractivity contribution in [3.8, 4) is 0 Å². The van der Waals surface area contributed by atoms with Crippen molar-refractivity contribution in [2.45, 2.75) is 40.7 Å². The second-order valence-corrected chi connectivity index (χ2v) is 7.96. The Balaban J connectivity index is 2.13. The first-order chi connectivity index (χ1) is 14.3. The van der Waals surface area contributed by atoms with Crippen molar-refractivity contribution in [3.63, 3.8) is 0 Å². The van der Waals surface area contributed by atoms with E-state index < -0.39 is 17.7 Å². The topological polar surface area (TPSA) is 60.9 Å². The van der Waals surface area contributed by atoms with Crippen molar-refractivity contribution in [3.05, 3.63) is 71.0 Å². The van der Waals surface area contributed by atoms with Crippen LogP contribution in [0.4, 0.5) is 11.4 Å². The summed E-state index contributed by atoms with van der Waals surface area (Å²) in [5.74, 6) is -1.53. The van der Waals surface area contributed by atoms with E-state index >= 15 is 0 Å². The lowest BCUT2D eigenvalue weighted by molar-refractivity contribution is -0.119. The number of rotatable bonds is 7. The third kappa shape index (κ3) is 3.84. The van der Waals surface area contributed by atoms with Gasteiger partial charge in [-0.05, 0) is 56.2 Å². The number of benzene rings is 2. The van der Waals surface area contributed by atoms with Gasteiger partial charge in [0, 0.05) is 30.4 Å². The first-order valence-corrected chi connectivity index (χ1v) is 10.5. The SMILES string of the molecule is CCN(CC)c1ccc(C2C(C(=O)C(C)C)=C(O)C(=O)N2c2cccc(C)c2)cc1. The molecular formula is C25H30N2O3. The monoisotopic (exact) mass is 406 g/mol. The summed E-state index contributed by atoms with van der Waals surface area (Å²) in [5, 5.41) is 10.7. The summed E-state index contributed by atoms with van der Waals surface area (Å²) < 4.78 is 0. The van der Waals surface area contributed by atoms with E-state index in [1.54, 1.807) is 13.8 Å². The maximum absolute atomic E-state index is 13.1. The average molecular weight is 407 g/mol. The van der Waals surface area contributed by atoms with Crippen LogP contribution in [0.25, 0.3) is 0 Å². The quantitative estimate of drug-likeness (QED) is 0.705. The molecule has 158 valence electrons. The molecule has 1 aliphatic heterocycles. The molecule has 2 aromatic carbocycles. The fraction of sp³-hybridized carbons (Fsp3) is 0.360. The number of aryl methyl sites for hydroxylation is 1. The third-order valence-corrected chi connectivity index (χ3v) is 5.62. The maximum Gasteiger partial charge on any atom is 0.294 e. The number of amides is 1. The van der Waals surface area contributed by atoms with Gasteiger partial charge in [0.25, 0.3) is 5.91 Å².